The molecule has 2 N–H and O–H groups in total. The Morgan fingerprint density at radius 2 is 0.524 bits per heavy atom. The molecule has 0 aromatic heterocycles. The fraction of sp³-hybridized carbons (Fsp3) is 0. The fourth-order valence-corrected chi connectivity index (χ4v) is 4.66. The number of rotatable bonds is 3. The Morgan fingerprint density at radius 1 is 0.238 bits per heavy atom. The molecule has 0 aliphatic carbocycles. The second kappa shape index (κ2) is 14.2. The fourth-order valence-electron chi connectivity index (χ4n) is 4.66. The minimum Gasteiger partial charge on any atom is -0.507 e. The average Bonchev–Trinajstić information content (AvgIpc) is 3.07. The van der Waals surface area contributed by atoms with Crippen LogP contribution in [0.3, 0.4) is 0 Å². The topological polar surface area (TPSA) is 40.5 Å². The van der Waals surface area contributed by atoms with Crippen LogP contribution in [0.4, 0.5) is 0 Å². The summed E-state index contributed by atoms with van der Waals surface area (Å²) in [6.07, 6.45) is 0. The SMILES string of the molecule is Oc1ccccc1-c1ccc(-c2ccccc2O)cc1.c1ccc(-c2ccccc2)cc1.c1ccc2ccccc2c1. The maximum absolute atomic E-state index is 9.85. The number of para-hydroxylation sites is 2. The summed E-state index contributed by atoms with van der Waals surface area (Å²) in [5.41, 5.74) is 6.05. The molecule has 7 aromatic carbocycles. The number of fused-ring (bicyclic) bond motifs is 1. The zero-order chi connectivity index (χ0) is 29.0. The lowest BCUT2D eigenvalue weighted by atomic mass is 9.99. The first-order valence-corrected chi connectivity index (χ1v) is 13.9. The minimum absolute atomic E-state index is 0.266. The van der Waals surface area contributed by atoms with Gasteiger partial charge in [0, 0.05) is 11.1 Å². The van der Waals surface area contributed by atoms with Crippen LogP contribution in [0.25, 0.3) is 44.2 Å². The Balaban J connectivity index is 0.000000136. The molecule has 0 aliphatic heterocycles. The lowest BCUT2D eigenvalue weighted by Crippen LogP contribution is -1.81. The van der Waals surface area contributed by atoms with E-state index in [-0.39, 0.29) is 11.5 Å². The largest absolute Gasteiger partial charge is 0.507 e. The molecule has 0 saturated heterocycles. The number of phenols is 2. The van der Waals surface area contributed by atoms with Crippen LogP contribution in [0.5, 0.6) is 11.5 Å². The Morgan fingerprint density at radius 3 is 0.857 bits per heavy atom. The molecule has 0 fully saturated rings. The van der Waals surface area contributed by atoms with Gasteiger partial charge < -0.3 is 10.2 Å². The van der Waals surface area contributed by atoms with E-state index in [0.29, 0.717) is 0 Å². The van der Waals surface area contributed by atoms with Gasteiger partial charge in [0.15, 0.2) is 0 Å². The van der Waals surface area contributed by atoms with Gasteiger partial charge in [-0.25, -0.2) is 0 Å². The standard InChI is InChI=1S/C18H14O2.C12H10.C10H8/c19-17-7-3-1-5-15(17)13-9-11-14(12-10-13)16-6-2-4-8-18(16)20;1-3-7-11(8-4-1)12-9-5-2-6-10-12;1-2-6-10-8-4-3-7-9(10)5-1/h1-12,19-20H;1-10H;1-8H. The van der Waals surface area contributed by atoms with Crippen LogP contribution in [-0.4, -0.2) is 10.2 Å². The van der Waals surface area contributed by atoms with Crippen LogP contribution >= 0.6 is 0 Å². The molecule has 0 heterocycles. The van der Waals surface area contributed by atoms with Gasteiger partial charge in [0.1, 0.15) is 11.5 Å². The number of hydrogen-bond donors (Lipinski definition) is 2. The third-order valence-electron chi connectivity index (χ3n) is 6.85. The first-order valence-electron chi connectivity index (χ1n) is 13.9. The van der Waals surface area contributed by atoms with E-state index in [1.807, 2.05) is 60.7 Å². The van der Waals surface area contributed by atoms with E-state index >= 15 is 0 Å². The van der Waals surface area contributed by atoms with Crippen LogP contribution in [0.1, 0.15) is 0 Å². The van der Waals surface area contributed by atoms with Gasteiger partial charge >= 0.3 is 0 Å². The van der Waals surface area contributed by atoms with Gasteiger partial charge in [-0.05, 0) is 45.2 Å². The molecular formula is C40H32O2. The average molecular weight is 545 g/mol. The minimum atomic E-state index is 0.266. The molecule has 2 heteroatoms. The normalized spacial score (nSPS) is 10.1. The molecule has 7 rings (SSSR count). The maximum atomic E-state index is 9.85. The van der Waals surface area contributed by atoms with Crippen LogP contribution in [-0.2, 0) is 0 Å². The van der Waals surface area contributed by atoms with E-state index in [9.17, 15) is 10.2 Å². The quantitative estimate of drug-likeness (QED) is 0.232. The highest BCUT2D eigenvalue weighted by Crippen LogP contribution is 2.33. The van der Waals surface area contributed by atoms with E-state index in [1.54, 1.807) is 24.3 Å². The molecular weight excluding hydrogens is 512 g/mol. The number of hydrogen-bond acceptors (Lipinski definition) is 2. The van der Waals surface area contributed by atoms with Crippen LogP contribution in [0, 0.1) is 0 Å². The van der Waals surface area contributed by atoms with Crippen molar-refractivity contribution < 1.29 is 10.2 Å². The van der Waals surface area contributed by atoms with Crippen LogP contribution in [0.15, 0.2) is 182 Å². The second-order valence-electron chi connectivity index (χ2n) is 9.69. The molecule has 0 amide bonds. The molecule has 204 valence electrons. The summed E-state index contributed by atoms with van der Waals surface area (Å²) >= 11 is 0. The van der Waals surface area contributed by atoms with Gasteiger partial charge in [-0.1, -0.05) is 170 Å². The summed E-state index contributed by atoms with van der Waals surface area (Å²) in [7, 11) is 0. The maximum Gasteiger partial charge on any atom is 0.123 e. The van der Waals surface area contributed by atoms with Crippen molar-refractivity contribution in [3.8, 4) is 44.9 Å². The number of benzene rings is 7. The summed E-state index contributed by atoms with van der Waals surface area (Å²) < 4.78 is 0. The summed E-state index contributed by atoms with van der Waals surface area (Å²) in [4.78, 5) is 0. The molecule has 42 heavy (non-hydrogen) atoms. The Kier molecular flexibility index (Phi) is 9.42. The van der Waals surface area contributed by atoms with Crippen LogP contribution in [0.2, 0.25) is 0 Å². The molecule has 0 radical (unpaired) electrons. The number of aromatic hydroxyl groups is 2. The van der Waals surface area contributed by atoms with Crippen molar-refractivity contribution in [2.45, 2.75) is 0 Å². The van der Waals surface area contributed by atoms with Gasteiger partial charge in [0.2, 0.25) is 0 Å². The predicted octanol–water partition coefficient (Wildman–Crippen LogP) is 10.6. The van der Waals surface area contributed by atoms with Gasteiger partial charge in [-0.3, -0.25) is 0 Å². The van der Waals surface area contributed by atoms with E-state index in [1.165, 1.54) is 21.9 Å². The van der Waals surface area contributed by atoms with Crippen molar-refractivity contribution in [2.75, 3.05) is 0 Å². The monoisotopic (exact) mass is 544 g/mol. The van der Waals surface area contributed by atoms with Gasteiger partial charge in [-0.15, -0.1) is 0 Å². The van der Waals surface area contributed by atoms with Gasteiger partial charge in [0.05, 0.1) is 0 Å². The molecule has 0 spiro atoms. The van der Waals surface area contributed by atoms with Crippen molar-refractivity contribution >= 4 is 10.8 Å². The lowest BCUT2D eigenvalue weighted by molar-refractivity contribution is 0.476. The van der Waals surface area contributed by atoms with Crippen molar-refractivity contribution in [2.24, 2.45) is 0 Å². The van der Waals surface area contributed by atoms with E-state index < -0.39 is 0 Å². The highest BCUT2D eigenvalue weighted by molar-refractivity contribution is 5.82. The van der Waals surface area contributed by atoms with Gasteiger partial charge in [-0.2, -0.15) is 0 Å². The summed E-state index contributed by atoms with van der Waals surface area (Å²) in [6, 6.07) is 59.8. The van der Waals surface area contributed by atoms with Crippen molar-refractivity contribution in [3.05, 3.63) is 182 Å². The predicted molar refractivity (Wildman–Crippen MR) is 176 cm³/mol. The number of phenolic OH excluding ortho intramolecular Hbond substituents is 2. The summed E-state index contributed by atoms with van der Waals surface area (Å²) in [6.45, 7) is 0. The smallest absolute Gasteiger partial charge is 0.123 e. The van der Waals surface area contributed by atoms with Crippen molar-refractivity contribution in [1.82, 2.24) is 0 Å². The highest BCUT2D eigenvalue weighted by Gasteiger charge is 2.06. The zero-order valence-corrected chi connectivity index (χ0v) is 23.2. The summed E-state index contributed by atoms with van der Waals surface area (Å²) in [5, 5.41) is 22.3. The Bertz CT molecular complexity index is 1660. The Labute approximate surface area is 247 Å². The second-order valence-corrected chi connectivity index (χ2v) is 9.69. The molecule has 0 atom stereocenters. The molecule has 7 aromatic rings. The molecule has 0 bridgehead atoms. The first-order chi connectivity index (χ1) is 20.7. The highest BCUT2D eigenvalue weighted by atomic mass is 16.3. The van der Waals surface area contributed by atoms with Crippen molar-refractivity contribution in [1.29, 1.82) is 0 Å². The van der Waals surface area contributed by atoms with E-state index in [0.717, 1.165) is 22.3 Å². The third-order valence-corrected chi connectivity index (χ3v) is 6.85. The molecule has 0 saturated carbocycles. The Hall–Kier alpha value is -5.60. The van der Waals surface area contributed by atoms with E-state index in [2.05, 4.69) is 97.1 Å². The lowest BCUT2D eigenvalue weighted by Gasteiger charge is -2.07. The van der Waals surface area contributed by atoms with Crippen LogP contribution < -0.4 is 0 Å². The van der Waals surface area contributed by atoms with Gasteiger partial charge in [0.25, 0.3) is 0 Å². The zero-order valence-electron chi connectivity index (χ0n) is 23.2. The van der Waals surface area contributed by atoms with Crippen molar-refractivity contribution in [3.63, 3.8) is 0 Å². The van der Waals surface area contributed by atoms with E-state index in [4.69, 9.17) is 0 Å². The molecule has 0 aliphatic rings. The first kappa shape index (κ1) is 27.9. The molecule has 2 nitrogen and oxygen atoms in total. The summed E-state index contributed by atoms with van der Waals surface area (Å²) in [5.74, 6) is 0.533. The molecule has 0 unspecified atom stereocenters. The third kappa shape index (κ3) is 7.32.